The fourth-order valence-electron chi connectivity index (χ4n) is 3.97. The minimum absolute atomic E-state index is 0.0535. The highest BCUT2D eigenvalue weighted by Crippen LogP contribution is 2.31. The van der Waals surface area contributed by atoms with Crippen LogP contribution >= 0.6 is 0 Å². The molecular weight excluding hydrogens is 490 g/mol. The Morgan fingerprint density at radius 3 is 2.71 bits per heavy atom. The van der Waals surface area contributed by atoms with Gasteiger partial charge in [-0.15, -0.1) is 0 Å². The molecule has 200 valence electrons. The zero-order valence-electron chi connectivity index (χ0n) is 21.7. The molecule has 0 atom stereocenters. The molecule has 0 bridgehead atoms. The molecule has 12 nitrogen and oxygen atoms in total. The zero-order chi connectivity index (χ0) is 27.2. The average molecular weight is 522 g/mol. The third-order valence-corrected chi connectivity index (χ3v) is 5.96. The molecule has 4 rings (SSSR count). The predicted molar refractivity (Wildman–Crippen MR) is 140 cm³/mol. The topological polar surface area (TPSA) is 155 Å². The summed E-state index contributed by atoms with van der Waals surface area (Å²) in [5, 5.41) is 9.88. The molecule has 3 amide bonds. The van der Waals surface area contributed by atoms with Crippen LogP contribution < -0.4 is 21.1 Å². The van der Waals surface area contributed by atoms with E-state index in [2.05, 4.69) is 32.6 Å². The number of aryl methyl sites for hydroxylation is 3. The van der Waals surface area contributed by atoms with Crippen LogP contribution in [0.4, 0.5) is 10.7 Å². The lowest BCUT2D eigenvalue weighted by molar-refractivity contribution is 0.0995. The number of nitrogens with one attached hydrogen (secondary N) is 2. The zero-order valence-corrected chi connectivity index (χ0v) is 21.7. The van der Waals surface area contributed by atoms with Crippen molar-refractivity contribution >= 4 is 34.9 Å². The maximum Gasteiger partial charge on any atom is 0.408 e. The summed E-state index contributed by atoms with van der Waals surface area (Å²) in [5.41, 5.74) is 7.82. The van der Waals surface area contributed by atoms with Crippen molar-refractivity contribution in [2.75, 3.05) is 25.6 Å². The summed E-state index contributed by atoms with van der Waals surface area (Å²) >= 11 is 0. The maximum atomic E-state index is 13.1. The highest BCUT2D eigenvalue weighted by Gasteiger charge is 2.21. The summed E-state index contributed by atoms with van der Waals surface area (Å²) in [6.45, 7) is 4.96. The third kappa shape index (κ3) is 6.23. The van der Waals surface area contributed by atoms with Crippen LogP contribution in [0.25, 0.3) is 11.0 Å². The van der Waals surface area contributed by atoms with Gasteiger partial charge in [0.2, 0.25) is 11.9 Å². The fourth-order valence-corrected chi connectivity index (χ4v) is 3.97. The van der Waals surface area contributed by atoms with Gasteiger partial charge in [-0.2, -0.15) is 5.10 Å². The number of hydrogen-bond acceptors (Lipinski definition) is 7. The molecular formula is C26H31N7O5. The number of hydrogen-bond donors (Lipinski definition) is 3. The number of anilines is 1. The van der Waals surface area contributed by atoms with Crippen molar-refractivity contribution in [2.45, 2.75) is 46.2 Å². The number of amides is 3. The SMILES string of the molecule is CCn1nc(C)cc1C(=O)Nc1nc2cc(C(N)=O)cc(OC)c2n1CCCNC(=O)OCC#CC1CC1. The molecule has 0 aliphatic heterocycles. The van der Waals surface area contributed by atoms with Crippen LogP contribution in [-0.4, -0.2) is 57.5 Å². The molecule has 0 unspecified atom stereocenters. The summed E-state index contributed by atoms with van der Waals surface area (Å²) < 4.78 is 14.0. The number of carbonyl (C=O) groups excluding carboxylic acids is 3. The minimum Gasteiger partial charge on any atom is -0.494 e. The van der Waals surface area contributed by atoms with Crippen molar-refractivity contribution in [1.82, 2.24) is 24.6 Å². The smallest absolute Gasteiger partial charge is 0.408 e. The molecule has 12 heteroatoms. The molecule has 1 saturated carbocycles. The lowest BCUT2D eigenvalue weighted by Crippen LogP contribution is -2.26. The number of carbonyl (C=O) groups is 3. The molecule has 0 radical (unpaired) electrons. The van der Waals surface area contributed by atoms with Crippen LogP contribution in [0.1, 0.15) is 52.7 Å². The van der Waals surface area contributed by atoms with E-state index in [1.54, 1.807) is 21.4 Å². The Hall–Kier alpha value is -4.53. The summed E-state index contributed by atoms with van der Waals surface area (Å²) in [4.78, 5) is 41.5. The van der Waals surface area contributed by atoms with Crippen LogP contribution in [0.3, 0.4) is 0 Å². The van der Waals surface area contributed by atoms with Gasteiger partial charge in [0.25, 0.3) is 5.91 Å². The van der Waals surface area contributed by atoms with E-state index in [0.717, 1.165) is 18.5 Å². The monoisotopic (exact) mass is 521 g/mol. The molecule has 1 aromatic carbocycles. The summed E-state index contributed by atoms with van der Waals surface area (Å²) in [7, 11) is 1.47. The first-order valence-corrected chi connectivity index (χ1v) is 12.4. The van der Waals surface area contributed by atoms with E-state index in [9.17, 15) is 14.4 Å². The number of benzene rings is 1. The summed E-state index contributed by atoms with van der Waals surface area (Å²) in [5.74, 6) is 5.95. The standard InChI is InChI=1S/C26H31N7O5/c1-4-33-20(13-16(2)31-33)24(35)30-25-29-19-14-18(23(27)34)15-21(37-3)22(19)32(25)11-6-10-28-26(36)38-12-5-7-17-8-9-17/h13-15,17H,4,6,8-12H2,1-3H3,(H2,27,34)(H,28,36)(H,29,30,35). The van der Waals surface area contributed by atoms with Gasteiger partial charge >= 0.3 is 6.09 Å². The number of methoxy groups -OCH3 is 1. The van der Waals surface area contributed by atoms with E-state index in [0.29, 0.717) is 54.4 Å². The van der Waals surface area contributed by atoms with Gasteiger partial charge < -0.3 is 25.1 Å². The first-order valence-electron chi connectivity index (χ1n) is 12.4. The van der Waals surface area contributed by atoms with Crippen molar-refractivity contribution in [2.24, 2.45) is 11.7 Å². The molecule has 0 spiro atoms. The summed E-state index contributed by atoms with van der Waals surface area (Å²) in [6.07, 6.45) is 2.16. The van der Waals surface area contributed by atoms with E-state index < -0.39 is 12.0 Å². The quantitative estimate of drug-likeness (QED) is 0.273. The van der Waals surface area contributed by atoms with E-state index >= 15 is 0 Å². The second-order valence-electron chi connectivity index (χ2n) is 8.89. The number of imidazole rings is 1. The Morgan fingerprint density at radius 1 is 1.24 bits per heavy atom. The van der Waals surface area contributed by atoms with Gasteiger partial charge in [-0.25, -0.2) is 9.78 Å². The van der Waals surface area contributed by atoms with Gasteiger partial charge in [-0.3, -0.25) is 19.6 Å². The first kappa shape index (κ1) is 26.5. The molecule has 3 aromatic rings. The highest BCUT2D eigenvalue weighted by molar-refractivity contribution is 6.04. The van der Waals surface area contributed by atoms with Gasteiger partial charge in [0.05, 0.1) is 18.3 Å². The Kier molecular flexibility index (Phi) is 8.15. The molecule has 1 aliphatic rings. The van der Waals surface area contributed by atoms with Crippen molar-refractivity contribution in [3.63, 3.8) is 0 Å². The van der Waals surface area contributed by atoms with E-state index in [1.165, 1.54) is 13.2 Å². The Bertz CT molecular complexity index is 1430. The highest BCUT2D eigenvalue weighted by atomic mass is 16.5. The number of ether oxygens (including phenoxy) is 2. The molecule has 1 fully saturated rings. The van der Waals surface area contributed by atoms with E-state index in [4.69, 9.17) is 15.2 Å². The van der Waals surface area contributed by atoms with Crippen molar-refractivity contribution < 1.29 is 23.9 Å². The summed E-state index contributed by atoms with van der Waals surface area (Å²) in [6, 6.07) is 4.77. The van der Waals surface area contributed by atoms with E-state index in [1.807, 2.05) is 13.8 Å². The number of aromatic nitrogens is 4. The number of nitrogens with two attached hydrogens (primary N) is 1. The third-order valence-electron chi connectivity index (χ3n) is 5.96. The Morgan fingerprint density at radius 2 is 2.03 bits per heavy atom. The normalized spacial score (nSPS) is 12.5. The second-order valence-corrected chi connectivity index (χ2v) is 8.89. The van der Waals surface area contributed by atoms with Crippen molar-refractivity contribution in [3.8, 4) is 17.6 Å². The average Bonchev–Trinajstić information content (AvgIpc) is 3.55. The van der Waals surface area contributed by atoms with Gasteiger partial charge in [0.1, 0.15) is 17.0 Å². The molecule has 2 aromatic heterocycles. The fraction of sp³-hybridized carbons (Fsp3) is 0.423. The van der Waals surface area contributed by atoms with Crippen molar-refractivity contribution in [3.05, 3.63) is 35.2 Å². The van der Waals surface area contributed by atoms with Gasteiger partial charge in [-0.1, -0.05) is 11.8 Å². The Labute approximate surface area is 219 Å². The molecule has 0 saturated heterocycles. The molecule has 38 heavy (non-hydrogen) atoms. The van der Waals surface area contributed by atoms with Crippen molar-refractivity contribution in [1.29, 1.82) is 0 Å². The number of alkyl carbamates (subject to hydrolysis) is 1. The molecule has 1 aliphatic carbocycles. The van der Waals surface area contributed by atoms with Crippen LogP contribution in [0, 0.1) is 24.7 Å². The molecule has 2 heterocycles. The minimum atomic E-state index is -0.628. The van der Waals surface area contributed by atoms with Crippen LogP contribution in [0.5, 0.6) is 5.75 Å². The lowest BCUT2D eigenvalue weighted by atomic mass is 10.1. The Balaban J connectivity index is 1.53. The predicted octanol–water partition coefficient (Wildman–Crippen LogP) is 2.45. The van der Waals surface area contributed by atoms with Gasteiger partial charge in [0.15, 0.2) is 6.61 Å². The second kappa shape index (κ2) is 11.7. The van der Waals surface area contributed by atoms with Crippen LogP contribution in [0.2, 0.25) is 0 Å². The number of nitrogens with zero attached hydrogens (tertiary/aromatic N) is 4. The van der Waals surface area contributed by atoms with Gasteiger partial charge in [-0.05, 0) is 51.3 Å². The van der Waals surface area contributed by atoms with Crippen LogP contribution in [0.15, 0.2) is 18.2 Å². The number of primary amides is 1. The first-order chi connectivity index (χ1) is 18.3. The largest absolute Gasteiger partial charge is 0.494 e. The number of fused-ring (bicyclic) bond motifs is 1. The molecule has 4 N–H and O–H groups in total. The number of rotatable bonds is 10. The van der Waals surface area contributed by atoms with Gasteiger partial charge in [0, 0.05) is 31.1 Å². The maximum absolute atomic E-state index is 13.1. The van der Waals surface area contributed by atoms with E-state index in [-0.39, 0.29) is 24.0 Å². The van der Waals surface area contributed by atoms with Crippen LogP contribution in [-0.2, 0) is 17.8 Å². The lowest BCUT2D eigenvalue weighted by Gasteiger charge is -2.13.